The van der Waals surface area contributed by atoms with E-state index >= 15 is 0 Å². The Bertz CT molecular complexity index is 949. The minimum absolute atomic E-state index is 0.0490. The van der Waals surface area contributed by atoms with Crippen molar-refractivity contribution in [1.82, 2.24) is 14.5 Å². The number of ether oxygens (including phenoxy) is 1. The monoisotopic (exact) mass is 361 g/mol. The lowest BCUT2D eigenvalue weighted by Crippen LogP contribution is -2.56. The zero-order chi connectivity index (χ0) is 19.0. The Labute approximate surface area is 159 Å². The van der Waals surface area contributed by atoms with E-state index in [4.69, 9.17) is 4.74 Å². The lowest BCUT2D eigenvalue weighted by Gasteiger charge is -2.39. The summed E-state index contributed by atoms with van der Waals surface area (Å²) in [6.45, 7) is 5.34. The van der Waals surface area contributed by atoms with Crippen LogP contribution in [0.4, 0.5) is 0 Å². The highest BCUT2D eigenvalue weighted by Gasteiger charge is 2.33. The fraction of sp³-hybridized carbons (Fsp3) is 0.273. The minimum Gasteiger partial charge on any atom is -0.486 e. The third-order valence-corrected chi connectivity index (χ3v) is 5.07. The van der Waals surface area contributed by atoms with Crippen molar-refractivity contribution in [1.29, 1.82) is 0 Å². The van der Waals surface area contributed by atoms with Crippen molar-refractivity contribution in [3.05, 3.63) is 71.7 Å². The first-order valence-corrected chi connectivity index (χ1v) is 9.12. The van der Waals surface area contributed by atoms with Crippen molar-refractivity contribution < 1.29 is 9.53 Å². The standard InChI is InChI=1S/C22H23N3O2/c1-15-5-4-6-16(2)21(15)27-19-12-25(13-19)22(26)18-9-7-17(8-10-18)20-11-23-14-24(20)3/h4-11,14,19H,12-13H2,1-3H3. The lowest BCUT2D eigenvalue weighted by atomic mass is 10.1. The first-order chi connectivity index (χ1) is 13.0. The average Bonchev–Trinajstić information content (AvgIpc) is 3.05. The molecule has 0 N–H and O–H groups in total. The largest absolute Gasteiger partial charge is 0.486 e. The summed E-state index contributed by atoms with van der Waals surface area (Å²) in [6.07, 6.45) is 3.65. The van der Waals surface area contributed by atoms with Crippen LogP contribution in [0.5, 0.6) is 5.75 Å². The molecule has 3 aromatic rings. The Hall–Kier alpha value is -3.08. The van der Waals surface area contributed by atoms with Gasteiger partial charge < -0.3 is 14.2 Å². The second-order valence-corrected chi connectivity index (χ2v) is 7.14. The van der Waals surface area contributed by atoms with Crippen LogP contribution in [-0.4, -0.2) is 39.6 Å². The van der Waals surface area contributed by atoms with Gasteiger partial charge in [-0.2, -0.15) is 0 Å². The summed E-state index contributed by atoms with van der Waals surface area (Å²) in [5.74, 6) is 0.989. The summed E-state index contributed by atoms with van der Waals surface area (Å²) < 4.78 is 8.07. The van der Waals surface area contributed by atoms with E-state index in [2.05, 4.69) is 4.98 Å². The van der Waals surface area contributed by atoms with Crippen LogP contribution in [0.15, 0.2) is 55.0 Å². The number of para-hydroxylation sites is 1. The summed E-state index contributed by atoms with van der Waals surface area (Å²) in [5.41, 5.74) is 5.04. The maximum atomic E-state index is 12.7. The van der Waals surface area contributed by atoms with Crippen LogP contribution >= 0.6 is 0 Å². The van der Waals surface area contributed by atoms with E-state index in [-0.39, 0.29) is 12.0 Å². The van der Waals surface area contributed by atoms with Gasteiger partial charge in [-0.25, -0.2) is 4.98 Å². The van der Waals surface area contributed by atoms with E-state index in [0.717, 1.165) is 28.1 Å². The first-order valence-electron chi connectivity index (χ1n) is 9.12. The highest BCUT2D eigenvalue weighted by Crippen LogP contribution is 2.27. The van der Waals surface area contributed by atoms with Crippen molar-refractivity contribution in [3.63, 3.8) is 0 Å². The molecule has 1 fully saturated rings. The third kappa shape index (κ3) is 3.33. The van der Waals surface area contributed by atoms with Gasteiger partial charge in [0.1, 0.15) is 11.9 Å². The SMILES string of the molecule is Cc1cccc(C)c1OC1CN(C(=O)c2ccc(-c3cncn3C)cc2)C1. The molecule has 0 radical (unpaired) electrons. The van der Waals surface area contributed by atoms with Crippen molar-refractivity contribution in [2.24, 2.45) is 7.05 Å². The van der Waals surface area contributed by atoms with Crippen LogP contribution in [0, 0.1) is 13.8 Å². The number of likely N-dealkylation sites (tertiary alicyclic amines) is 1. The molecule has 0 unspecified atom stereocenters. The average molecular weight is 361 g/mol. The van der Waals surface area contributed by atoms with E-state index < -0.39 is 0 Å². The van der Waals surface area contributed by atoms with Gasteiger partial charge in [0.15, 0.2) is 0 Å². The summed E-state index contributed by atoms with van der Waals surface area (Å²) in [7, 11) is 1.96. The van der Waals surface area contributed by atoms with Gasteiger partial charge in [-0.15, -0.1) is 0 Å². The summed E-state index contributed by atoms with van der Waals surface area (Å²) in [4.78, 5) is 18.6. The number of carbonyl (C=O) groups is 1. The van der Waals surface area contributed by atoms with Crippen LogP contribution in [0.2, 0.25) is 0 Å². The molecule has 1 aliphatic heterocycles. The number of hydrogen-bond acceptors (Lipinski definition) is 3. The minimum atomic E-state index is 0.0490. The Balaban J connectivity index is 1.38. The van der Waals surface area contributed by atoms with Crippen molar-refractivity contribution in [2.75, 3.05) is 13.1 Å². The lowest BCUT2D eigenvalue weighted by molar-refractivity contribution is 0.0173. The zero-order valence-corrected chi connectivity index (χ0v) is 15.8. The molecule has 1 amide bonds. The summed E-state index contributed by atoms with van der Waals surface area (Å²) in [6, 6.07) is 13.8. The highest BCUT2D eigenvalue weighted by atomic mass is 16.5. The Morgan fingerprint density at radius 3 is 2.33 bits per heavy atom. The van der Waals surface area contributed by atoms with E-state index in [1.165, 1.54) is 0 Å². The van der Waals surface area contributed by atoms with Gasteiger partial charge in [0, 0.05) is 12.6 Å². The van der Waals surface area contributed by atoms with Gasteiger partial charge in [0.25, 0.3) is 5.91 Å². The van der Waals surface area contributed by atoms with Crippen LogP contribution in [0.25, 0.3) is 11.3 Å². The molecular weight excluding hydrogens is 338 g/mol. The predicted octanol–water partition coefficient (Wildman–Crippen LogP) is 3.61. The second kappa shape index (κ2) is 6.91. The number of amides is 1. The first kappa shape index (κ1) is 17.3. The number of rotatable bonds is 4. The Morgan fingerprint density at radius 1 is 1.07 bits per heavy atom. The van der Waals surface area contributed by atoms with Gasteiger partial charge in [-0.1, -0.05) is 30.3 Å². The number of hydrogen-bond donors (Lipinski definition) is 0. The maximum Gasteiger partial charge on any atom is 0.254 e. The van der Waals surface area contributed by atoms with E-state index in [0.29, 0.717) is 18.7 Å². The number of imidazole rings is 1. The number of aromatic nitrogens is 2. The smallest absolute Gasteiger partial charge is 0.254 e. The fourth-order valence-corrected chi connectivity index (χ4v) is 3.43. The molecule has 0 bridgehead atoms. The second-order valence-electron chi connectivity index (χ2n) is 7.14. The molecule has 0 aliphatic carbocycles. The molecule has 4 rings (SSSR count). The van der Waals surface area contributed by atoms with Gasteiger partial charge >= 0.3 is 0 Å². The molecule has 2 heterocycles. The molecule has 1 aromatic heterocycles. The Kier molecular flexibility index (Phi) is 4.44. The number of aryl methyl sites for hydroxylation is 3. The number of nitrogens with zero attached hydrogens (tertiary/aromatic N) is 3. The third-order valence-electron chi connectivity index (χ3n) is 5.07. The Morgan fingerprint density at radius 2 is 1.74 bits per heavy atom. The van der Waals surface area contributed by atoms with Crippen LogP contribution < -0.4 is 4.74 Å². The molecule has 5 heteroatoms. The van der Waals surface area contributed by atoms with Crippen LogP contribution in [0.3, 0.4) is 0 Å². The summed E-state index contributed by atoms with van der Waals surface area (Å²) in [5, 5.41) is 0. The predicted molar refractivity (Wildman–Crippen MR) is 105 cm³/mol. The highest BCUT2D eigenvalue weighted by molar-refractivity contribution is 5.95. The molecule has 0 spiro atoms. The molecule has 0 saturated carbocycles. The quantitative estimate of drug-likeness (QED) is 0.713. The summed E-state index contributed by atoms with van der Waals surface area (Å²) >= 11 is 0. The zero-order valence-electron chi connectivity index (χ0n) is 15.8. The van der Waals surface area contributed by atoms with E-state index in [9.17, 15) is 4.79 Å². The van der Waals surface area contributed by atoms with Crippen LogP contribution in [0.1, 0.15) is 21.5 Å². The van der Waals surface area contributed by atoms with E-state index in [1.54, 1.807) is 6.33 Å². The van der Waals surface area contributed by atoms with Crippen LogP contribution in [-0.2, 0) is 7.05 Å². The molecular formula is C22H23N3O2. The molecule has 27 heavy (non-hydrogen) atoms. The molecule has 2 aromatic carbocycles. The number of carbonyl (C=O) groups excluding carboxylic acids is 1. The topological polar surface area (TPSA) is 47.4 Å². The van der Waals surface area contributed by atoms with E-state index in [1.807, 2.05) is 79.0 Å². The number of benzene rings is 2. The van der Waals surface area contributed by atoms with Crippen molar-refractivity contribution in [3.8, 4) is 17.0 Å². The maximum absolute atomic E-state index is 12.7. The molecule has 138 valence electrons. The van der Waals surface area contributed by atoms with Gasteiger partial charge in [-0.3, -0.25) is 4.79 Å². The molecule has 1 saturated heterocycles. The van der Waals surface area contributed by atoms with Gasteiger partial charge in [-0.05, 0) is 42.7 Å². The molecule has 0 atom stereocenters. The van der Waals surface area contributed by atoms with Crippen molar-refractivity contribution in [2.45, 2.75) is 20.0 Å². The molecule has 5 nitrogen and oxygen atoms in total. The normalized spacial score (nSPS) is 14.1. The van der Waals surface area contributed by atoms with Crippen molar-refractivity contribution >= 4 is 5.91 Å². The molecule has 1 aliphatic rings. The van der Waals surface area contributed by atoms with Gasteiger partial charge in [0.2, 0.25) is 0 Å². The van der Waals surface area contributed by atoms with Gasteiger partial charge in [0.05, 0.1) is 31.3 Å². The fourth-order valence-electron chi connectivity index (χ4n) is 3.43.